The number of nitrogens with two attached hydrogens (primary N) is 1. The van der Waals surface area contributed by atoms with Crippen molar-refractivity contribution in [3.8, 4) is 0 Å². The van der Waals surface area contributed by atoms with Crippen LogP contribution < -0.4 is 11.1 Å². The SMILES string of the molecule is Cc1ccc(N)c(NC(C)C2CC2)c1. The number of nitrogen functional groups attached to an aromatic ring is 1. The van der Waals surface area contributed by atoms with Gasteiger partial charge in [-0.05, 0) is 50.3 Å². The molecular weight excluding hydrogens is 172 g/mol. The molecule has 2 rings (SSSR count). The van der Waals surface area contributed by atoms with Gasteiger partial charge in [0.25, 0.3) is 0 Å². The standard InChI is InChI=1S/C12H18N2/c1-8-3-6-11(13)12(7-8)14-9(2)10-4-5-10/h3,6-7,9-10,14H,4-5,13H2,1-2H3. The van der Waals surface area contributed by atoms with Crippen molar-refractivity contribution in [2.24, 2.45) is 5.92 Å². The van der Waals surface area contributed by atoms with Crippen LogP contribution in [0.25, 0.3) is 0 Å². The Morgan fingerprint density at radius 1 is 1.43 bits per heavy atom. The van der Waals surface area contributed by atoms with Crippen molar-refractivity contribution in [3.63, 3.8) is 0 Å². The van der Waals surface area contributed by atoms with Gasteiger partial charge in [-0.2, -0.15) is 0 Å². The molecule has 0 spiro atoms. The van der Waals surface area contributed by atoms with Crippen LogP contribution in [0.3, 0.4) is 0 Å². The highest BCUT2D eigenvalue weighted by atomic mass is 14.9. The van der Waals surface area contributed by atoms with Crippen LogP contribution in [-0.2, 0) is 0 Å². The van der Waals surface area contributed by atoms with E-state index in [1.807, 2.05) is 12.1 Å². The predicted molar refractivity (Wildman–Crippen MR) is 61.4 cm³/mol. The number of hydrogen-bond acceptors (Lipinski definition) is 2. The van der Waals surface area contributed by atoms with Crippen molar-refractivity contribution in [1.29, 1.82) is 0 Å². The Morgan fingerprint density at radius 3 is 2.79 bits per heavy atom. The fourth-order valence-corrected chi connectivity index (χ4v) is 1.75. The molecule has 1 aliphatic rings. The molecule has 0 aromatic heterocycles. The molecule has 76 valence electrons. The number of anilines is 2. The Bertz CT molecular complexity index is 329. The Morgan fingerprint density at radius 2 is 2.14 bits per heavy atom. The van der Waals surface area contributed by atoms with E-state index in [-0.39, 0.29) is 0 Å². The van der Waals surface area contributed by atoms with Gasteiger partial charge in [0.1, 0.15) is 0 Å². The zero-order valence-electron chi connectivity index (χ0n) is 8.88. The van der Waals surface area contributed by atoms with E-state index < -0.39 is 0 Å². The molecule has 1 unspecified atom stereocenters. The first-order valence-corrected chi connectivity index (χ1v) is 5.29. The molecule has 0 radical (unpaired) electrons. The number of hydrogen-bond donors (Lipinski definition) is 2. The third-order valence-corrected chi connectivity index (χ3v) is 2.92. The van der Waals surface area contributed by atoms with Crippen LogP contribution in [0.4, 0.5) is 11.4 Å². The molecule has 14 heavy (non-hydrogen) atoms. The molecule has 3 N–H and O–H groups in total. The van der Waals surface area contributed by atoms with Gasteiger partial charge in [-0.15, -0.1) is 0 Å². The molecule has 0 saturated heterocycles. The molecule has 1 saturated carbocycles. The molecule has 1 aliphatic carbocycles. The highest BCUT2D eigenvalue weighted by Crippen LogP contribution is 2.34. The van der Waals surface area contributed by atoms with Gasteiger partial charge in [0, 0.05) is 6.04 Å². The zero-order valence-corrected chi connectivity index (χ0v) is 8.88. The predicted octanol–water partition coefficient (Wildman–Crippen LogP) is 2.79. The van der Waals surface area contributed by atoms with Crippen LogP contribution in [-0.4, -0.2) is 6.04 Å². The van der Waals surface area contributed by atoms with E-state index in [1.54, 1.807) is 0 Å². The maximum Gasteiger partial charge on any atom is 0.0578 e. The highest BCUT2D eigenvalue weighted by Gasteiger charge is 2.27. The second-order valence-electron chi connectivity index (χ2n) is 4.36. The van der Waals surface area contributed by atoms with Crippen LogP contribution in [0.1, 0.15) is 25.3 Å². The van der Waals surface area contributed by atoms with E-state index in [2.05, 4.69) is 25.2 Å². The van der Waals surface area contributed by atoms with Gasteiger partial charge in [-0.1, -0.05) is 6.07 Å². The summed E-state index contributed by atoms with van der Waals surface area (Å²) in [5.74, 6) is 0.856. The molecule has 0 aliphatic heterocycles. The lowest BCUT2D eigenvalue weighted by Gasteiger charge is -2.16. The molecular formula is C12H18N2. The third kappa shape index (κ3) is 2.00. The largest absolute Gasteiger partial charge is 0.397 e. The van der Waals surface area contributed by atoms with Gasteiger partial charge in [-0.25, -0.2) is 0 Å². The minimum atomic E-state index is 0.555. The number of nitrogens with one attached hydrogen (secondary N) is 1. The van der Waals surface area contributed by atoms with Gasteiger partial charge < -0.3 is 11.1 Å². The minimum absolute atomic E-state index is 0.555. The van der Waals surface area contributed by atoms with E-state index in [1.165, 1.54) is 18.4 Å². The first-order valence-electron chi connectivity index (χ1n) is 5.29. The second kappa shape index (κ2) is 3.52. The summed E-state index contributed by atoms with van der Waals surface area (Å²) in [5.41, 5.74) is 9.09. The van der Waals surface area contributed by atoms with Crippen molar-refractivity contribution in [3.05, 3.63) is 23.8 Å². The number of rotatable bonds is 3. The van der Waals surface area contributed by atoms with E-state index in [4.69, 9.17) is 5.73 Å². The maximum atomic E-state index is 5.90. The summed E-state index contributed by atoms with van der Waals surface area (Å²) in [5, 5.41) is 3.49. The summed E-state index contributed by atoms with van der Waals surface area (Å²) in [6.07, 6.45) is 2.72. The van der Waals surface area contributed by atoms with Gasteiger partial charge >= 0.3 is 0 Å². The van der Waals surface area contributed by atoms with Gasteiger partial charge in [0.15, 0.2) is 0 Å². The molecule has 1 atom stereocenters. The molecule has 2 nitrogen and oxygen atoms in total. The Labute approximate surface area is 85.5 Å². The summed E-state index contributed by atoms with van der Waals surface area (Å²) in [4.78, 5) is 0. The summed E-state index contributed by atoms with van der Waals surface area (Å²) >= 11 is 0. The van der Waals surface area contributed by atoms with Crippen molar-refractivity contribution >= 4 is 11.4 Å². The van der Waals surface area contributed by atoms with Gasteiger partial charge in [-0.3, -0.25) is 0 Å². The summed E-state index contributed by atoms with van der Waals surface area (Å²) < 4.78 is 0. The normalized spacial score (nSPS) is 17.9. The summed E-state index contributed by atoms with van der Waals surface area (Å²) in [7, 11) is 0. The van der Waals surface area contributed by atoms with Gasteiger partial charge in [0.2, 0.25) is 0 Å². The lowest BCUT2D eigenvalue weighted by atomic mass is 10.1. The summed E-state index contributed by atoms with van der Waals surface area (Å²) in [6.45, 7) is 4.33. The van der Waals surface area contributed by atoms with Crippen LogP contribution >= 0.6 is 0 Å². The average Bonchev–Trinajstić information content (AvgIpc) is 2.94. The van der Waals surface area contributed by atoms with Gasteiger partial charge in [0.05, 0.1) is 11.4 Å². The second-order valence-corrected chi connectivity index (χ2v) is 4.36. The van der Waals surface area contributed by atoms with E-state index >= 15 is 0 Å². The first-order chi connectivity index (χ1) is 6.66. The number of aryl methyl sites for hydroxylation is 1. The average molecular weight is 190 g/mol. The fourth-order valence-electron chi connectivity index (χ4n) is 1.75. The lowest BCUT2D eigenvalue weighted by molar-refractivity contribution is 0.694. The minimum Gasteiger partial charge on any atom is -0.397 e. The Balaban J connectivity index is 2.10. The third-order valence-electron chi connectivity index (χ3n) is 2.92. The lowest BCUT2D eigenvalue weighted by Crippen LogP contribution is -2.18. The van der Waals surface area contributed by atoms with Crippen LogP contribution in [0.15, 0.2) is 18.2 Å². The topological polar surface area (TPSA) is 38.0 Å². The van der Waals surface area contributed by atoms with Crippen molar-refractivity contribution in [2.75, 3.05) is 11.1 Å². The quantitative estimate of drug-likeness (QED) is 0.719. The summed E-state index contributed by atoms with van der Waals surface area (Å²) in [6, 6.07) is 6.69. The fraction of sp³-hybridized carbons (Fsp3) is 0.500. The zero-order chi connectivity index (χ0) is 10.1. The Kier molecular flexibility index (Phi) is 2.36. The van der Waals surface area contributed by atoms with E-state index in [0.717, 1.165) is 17.3 Å². The van der Waals surface area contributed by atoms with E-state index in [0.29, 0.717) is 6.04 Å². The maximum absolute atomic E-state index is 5.90. The molecule has 1 fully saturated rings. The molecule has 0 bridgehead atoms. The van der Waals surface area contributed by atoms with Crippen molar-refractivity contribution in [2.45, 2.75) is 32.7 Å². The first kappa shape index (κ1) is 9.38. The highest BCUT2D eigenvalue weighted by molar-refractivity contribution is 5.67. The van der Waals surface area contributed by atoms with Crippen molar-refractivity contribution < 1.29 is 0 Å². The molecule has 1 aromatic carbocycles. The number of benzene rings is 1. The van der Waals surface area contributed by atoms with Crippen LogP contribution in [0.5, 0.6) is 0 Å². The van der Waals surface area contributed by atoms with Crippen molar-refractivity contribution in [1.82, 2.24) is 0 Å². The van der Waals surface area contributed by atoms with E-state index in [9.17, 15) is 0 Å². The monoisotopic (exact) mass is 190 g/mol. The Hall–Kier alpha value is -1.18. The molecule has 2 heteroatoms. The molecule has 0 amide bonds. The van der Waals surface area contributed by atoms with Crippen LogP contribution in [0.2, 0.25) is 0 Å². The molecule has 0 heterocycles. The molecule has 1 aromatic rings. The smallest absolute Gasteiger partial charge is 0.0578 e. The van der Waals surface area contributed by atoms with Crippen LogP contribution in [0, 0.1) is 12.8 Å².